The van der Waals surface area contributed by atoms with Crippen molar-refractivity contribution in [3.8, 4) is 0 Å². The molecule has 1 aliphatic rings. The number of sulfone groups is 1. The molecule has 0 atom stereocenters. The van der Waals surface area contributed by atoms with E-state index in [0.717, 1.165) is 19.1 Å². The number of amides is 3. The molecule has 156 valence electrons. The Balaban J connectivity index is 1.51. The third-order valence-corrected chi connectivity index (χ3v) is 5.44. The number of para-hydroxylation sites is 1. The highest BCUT2D eigenvalue weighted by Gasteiger charge is 2.24. The number of benzene rings is 2. The summed E-state index contributed by atoms with van der Waals surface area (Å²) < 4.78 is 29.4. The average Bonchev–Trinajstić information content (AvgIpc) is 3.42. The summed E-state index contributed by atoms with van der Waals surface area (Å²) in [6.07, 6.45) is 3.12. The molecule has 0 unspecified atom stereocenters. The van der Waals surface area contributed by atoms with Crippen molar-refractivity contribution in [3.05, 3.63) is 59.9 Å². The van der Waals surface area contributed by atoms with E-state index in [1.807, 2.05) is 0 Å². The Morgan fingerprint density at radius 3 is 2.27 bits per heavy atom. The SMILES string of the molecule is CS(=O)(=O)Cc1c(C(=O)Nc2ccc(NC(=O)NC3CC3)cc2)oc2ccccc12. The van der Waals surface area contributed by atoms with Crippen LogP contribution in [0.3, 0.4) is 0 Å². The van der Waals surface area contributed by atoms with Gasteiger partial charge in [-0.05, 0) is 43.2 Å². The van der Waals surface area contributed by atoms with Crippen molar-refractivity contribution in [2.24, 2.45) is 0 Å². The molecule has 0 saturated heterocycles. The minimum atomic E-state index is -3.38. The number of rotatable bonds is 6. The number of hydrogen-bond donors (Lipinski definition) is 3. The fourth-order valence-corrected chi connectivity index (χ4v) is 3.90. The second-order valence-corrected chi connectivity index (χ2v) is 9.52. The monoisotopic (exact) mass is 427 g/mol. The molecule has 2 aromatic carbocycles. The quantitative estimate of drug-likeness (QED) is 0.556. The van der Waals surface area contributed by atoms with Crippen LogP contribution in [0, 0.1) is 0 Å². The van der Waals surface area contributed by atoms with Gasteiger partial charge in [0.05, 0.1) is 5.75 Å². The Morgan fingerprint density at radius 2 is 1.63 bits per heavy atom. The maximum absolute atomic E-state index is 12.8. The number of nitrogens with one attached hydrogen (secondary N) is 3. The summed E-state index contributed by atoms with van der Waals surface area (Å²) in [5, 5.41) is 8.86. The van der Waals surface area contributed by atoms with Gasteiger partial charge >= 0.3 is 6.03 Å². The highest BCUT2D eigenvalue weighted by atomic mass is 32.2. The predicted octanol–water partition coefficient (Wildman–Crippen LogP) is 3.51. The summed E-state index contributed by atoms with van der Waals surface area (Å²) in [7, 11) is -3.38. The highest BCUT2D eigenvalue weighted by molar-refractivity contribution is 7.89. The second-order valence-electron chi connectivity index (χ2n) is 7.38. The third-order valence-electron chi connectivity index (χ3n) is 4.62. The first-order chi connectivity index (χ1) is 14.3. The molecule has 0 bridgehead atoms. The minimum Gasteiger partial charge on any atom is -0.451 e. The van der Waals surface area contributed by atoms with Gasteiger partial charge in [-0.2, -0.15) is 0 Å². The maximum atomic E-state index is 12.8. The molecule has 1 fully saturated rings. The van der Waals surface area contributed by atoms with Gasteiger partial charge in [0.25, 0.3) is 5.91 Å². The number of fused-ring (bicyclic) bond motifs is 1. The number of furan rings is 1. The molecule has 4 rings (SSSR count). The molecule has 1 aromatic heterocycles. The lowest BCUT2D eigenvalue weighted by molar-refractivity contribution is 0.0998. The Bertz CT molecular complexity index is 1210. The second kappa shape index (κ2) is 7.83. The summed E-state index contributed by atoms with van der Waals surface area (Å²) in [6, 6.07) is 13.5. The first-order valence-electron chi connectivity index (χ1n) is 9.45. The topological polar surface area (TPSA) is 118 Å². The van der Waals surface area contributed by atoms with E-state index in [0.29, 0.717) is 27.9 Å². The fraction of sp³-hybridized carbons (Fsp3) is 0.238. The summed E-state index contributed by atoms with van der Waals surface area (Å²) in [6.45, 7) is 0. The summed E-state index contributed by atoms with van der Waals surface area (Å²) in [5.41, 5.74) is 1.86. The molecule has 1 heterocycles. The van der Waals surface area contributed by atoms with Crippen LogP contribution in [0.5, 0.6) is 0 Å². The molecule has 0 radical (unpaired) electrons. The van der Waals surface area contributed by atoms with E-state index in [1.165, 1.54) is 0 Å². The standard InChI is InChI=1S/C21H21N3O5S/c1-30(27,28)12-17-16-4-2-3-5-18(16)29-19(17)20(25)22-13-6-8-14(9-7-13)23-21(26)24-15-10-11-15/h2-9,15H,10-12H2,1H3,(H,22,25)(H2,23,24,26). The maximum Gasteiger partial charge on any atom is 0.319 e. The van der Waals surface area contributed by atoms with Gasteiger partial charge in [-0.15, -0.1) is 0 Å². The zero-order valence-electron chi connectivity index (χ0n) is 16.3. The number of carbonyl (C=O) groups is 2. The fourth-order valence-electron chi connectivity index (χ4n) is 3.09. The zero-order valence-corrected chi connectivity index (χ0v) is 17.1. The van der Waals surface area contributed by atoms with Gasteiger partial charge < -0.3 is 20.4 Å². The summed E-state index contributed by atoms with van der Waals surface area (Å²) >= 11 is 0. The van der Waals surface area contributed by atoms with E-state index < -0.39 is 15.7 Å². The van der Waals surface area contributed by atoms with Crippen molar-refractivity contribution in [2.75, 3.05) is 16.9 Å². The highest BCUT2D eigenvalue weighted by Crippen LogP contribution is 2.28. The van der Waals surface area contributed by atoms with Crippen molar-refractivity contribution in [1.29, 1.82) is 0 Å². The molecule has 1 saturated carbocycles. The van der Waals surface area contributed by atoms with Gasteiger partial charge in [-0.25, -0.2) is 13.2 Å². The Hall–Kier alpha value is -3.33. The lowest BCUT2D eigenvalue weighted by Crippen LogP contribution is -2.30. The lowest BCUT2D eigenvalue weighted by atomic mass is 10.1. The lowest BCUT2D eigenvalue weighted by Gasteiger charge is -2.08. The van der Waals surface area contributed by atoms with Crippen LogP contribution in [0.4, 0.5) is 16.2 Å². The molecule has 8 nitrogen and oxygen atoms in total. The van der Waals surface area contributed by atoms with Crippen LogP contribution in [-0.2, 0) is 15.6 Å². The molecule has 1 aliphatic carbocycles. The van der Waals surface area contributed by atoms with Gasteiger partial charge in [0.15, 0.2) is 15.6 Å². The Morgan fingerprint density at radius 1 is 1.00 bits per heavy atom. The van der Waals surface area contributed by atoms with Crippen LogP contribution in [0.25, 0.3) is 11.0 Å². The van der Waals surface area contributed by atoms with E-state index in [2.05, 4.69) is 16.0 Å². The Labute approximate surface area is 173 Å². The van der Waals surface area contributed by atoms with Crippen molar-refractivity contribution >= 4 is 44.1 Å². The molecule has 0 spiro atoms. The molecule has 9 heteroatoms. The number of urea groups is 1. The van der Waals surface area contributed by atoms with Crippen LogP contribution < -0.4 is 16.0 Å². The smallest absolute Gasteiger partial charge is 0.319 e. The Kier molecular flexibility index (Phi) is 5.21. The van der Waals surface area contributed by atoms with Crippen molar-refractivity contribution in [1.82, 2.24) is 5.32 Å². The average molecular weight is 427 g/mol. The van der Waals surface area contributed by atoms with E-state index in [1.54, 1.807) is 48.5 Å². The van der Waals surface area contributed by atoms with Crippen molar-refractivity contribution < 1.29 is 22.4 Å². The van der Waals surface area contributed by atoms with Crippen LogP contribution in [0.1, 0.15) is 29.0 Å². The van der Waals surface area contributed by atoms with Gasteiger partial charge in [-0.3, -0.25) is 4.79 Å². The summed E-state index contributed by atoms with van der Waals surface area (Å²) in [4.78, 5) is 24.6. The molecular weight excluding hydrogens is 406 g/mol. The van der Waals surface area contributed by atoms with Gasteiger partial charge in [0.2, 0.25) is 0 Å². The molecule has 3 aromatic rings. The first kappa shape index (κ1) is 20.0. The van der Waals surface area contributed by atoms with E-state index in [4.69, 9.17) is 4.42 Å². The number of anilines is 2. The number of carbonyl (C=O) groups excluding carboxylic acids is 2. The third kappa shape index (κ3) is 4.80. The molecule has 3 amide bonds. The van der Waals surface area contributed by atoms with Gasteiger partial charge in [0, 0.05) is 34.6 Å². The number of hydrogen-bond acceptors (Lipinski definition) is 5. The van der Waals surface area contributed by atoms with Crippen LogP contribution in [0.15, 0.2) is 52.9 Å². The molecule has 3 N–H and O–H groups in total. The molecular formula is C21H21N3O5S. The molecule has 0 aliphatic heterocycles. The van der Waals surface area contributed by atoms with Gasteiger partial charge in [0.1, 0.15) is 5.58 Å². The minimum absolute atomic E-state index is 0.0346. The predicted molar refractivity (Wildman–Crippen MR) is 114 cm³/mol. The normalized spacial score (nSPS) is 13.8. The van der Waals surface area contributed by atoms with Crippen LogP contribution in [0.2, 0.25) is 0 Å². The van der Waals surface area contributed by atoms with Crippen LogP contribution >= 0.6 is 0 Å². The van der Waals surface area contributed by atoms with E-state index in [-0.39, 0.29) is 23.6 Å². The largest absolute Gasteiger partial charge is 0.451 e. The van der Waals surface area contributed by atoms with Crippen molar-refractivity contribution in [2.45, 2.75) is 24.6 Å². The van der Waals surface area contributed by atoms with Crippen LogP contribution in [-0.4, -0.2) is 32.7 Å². The van der Waals surface area contributed by atoms with E-state index in [9.17, 15) is 18.0 Å². The molecule has 30 heavy (non-hydrogen) atoms. The zero-order chi connectivity index (χ0) is 21.3. The van der Waals surface area contributed by atoms with Gasteiger partial charge in [-0.1, -0.05) is 18.2 Å². The first-order valence-corrected chi connectivity index (χ1v) is 11.5. The summed E-state index contributed by atoms with van der Waals surface area (Å²) in [5.74, 6) is -0.879. The van der Waals surface area contributed by atoms with Crippen molar-refractivity contribution in [3.63, 3.8) is 0 Å². The van der Waals surface area contributed by atoms with E-state index >= 15 is 0 Å².